The number of unbranched alkanes of at least 4 members (excludes halogenated alkanes) is 2. The van der Waals surface area contributed by atoms with E-state index in [2.05, 4.69) is 62.7 Å². The minimum Gasteiger partial charge on any atom is -0.382 e. The number of aliphatic imine (C=N–C) groups is 2. The van der Waals surface area contributed by atoms with Gasteiger partial charge in [0.15, 0.2) is 5.84 Å². The summed E-state index contributed by atoms with van der Waals surface area (Å²) >= 11 is 0. The van der Waals surface area contributed by atoms with Gasteiger partial charge in [0.1, 0.15) is 11.5 Å². The molecule has 0 amide bonds. The summed E-state index contributed by atoms with van der Waals surface area (Å²) in [5.74, 6) is 1.63. The van der Waals surface area contributed by atoms with E-state index in [9.17, 15) is 0 Å². The van der Waals surface area contributed by atoms with E-state index >= 15 is 0 Å². The number of nitrogens with zero attached hydrogens (tertiary/aromatic N) is 3. The van der Waals surface area contributed by atoms with Crippen molar-refractivity contribution in [3.05, 3.63) is 23.8 Å². The first-order valence-corrected chi connectivity index (χ1v) is 15.7. The monoisotopic (exact) mass is 552 g/mol. The van der Waals surface area contributed by atoms with Crippen LogP contribution in [0.15, 0.2) is 28.2 Å². The molecule has 0 spiro atoms. The molecule has 1 aromatic carbocycles. The van der Waals surface area contributed by atoms with Crippen LogP contribution in [0.1, 0.15) is 119 Å². The molecule has 0 heterocycles. The van der Waals surface area contributed by atoms with E-state index < -0.39 is 5.41 Å². The Labute approximate surface area is 246 Å². The van der Waals surface area contributed by atoms with Gasteiger partial charge in [-0.3, -0.25) is 5.41 Å². The Bertz CT molecular complexity index is 980. The van der Waals surface area contributed by atoms with Crippen molar-refractivity contribution in [3.8, 4) is 0 Å². The number of nitrogens with one attached hydrogen (secondary N) is 2. The zero-order valence-corrected chi connectivity index (χ0v) is 27.5. The molecule has 6 heteroatoms. The normalized spacial score (nSPS) is 14.4. The van der Waals surface area contributed by atoms with Crippen molar-refractivity contribution in [3.63, 3.8) is 0 Å². The van der Waals surface area contributed by atoms with E-state index in [0.29, 0.717) is 23.3 Å². The highest BCUT2D eigenvalue weighted by Crippen LogP contribution is 2.29. The Kier molecular flexibility index (Phi) is 15.4. The number of amidine groups is 2. The fourth-order valence-electron chi connectivity index (χ4n) is 4.70. The third-order valence-electron chi connectivity index (χ3n) is 7.84. The molecular formula is C34H60N6. The summed E-state index contributed by atoms with van der Waals surface area (Å²) in [4.78, 5) is 11.8. The Morgan fingerprint density at radius 2 is 1.45 bits per heavy atom. The molecule has 0 aliphatic rings. The number of hydrogen-bond donors (Lipinski definition) is 3. The Hall–Kier alpha value is -2.50. The summed E-state index contributed by atoms with van der Waals surface area (Å²) in [5.41, 5.74) is 9.73. The number of anilines is 1. The largest absolute Gasteiger partial charge is 0.382 e. The van der Waals surface area contributed by atoms with Crippen molar-refractivity contribution in [1.82, 2.24) is 0 Å². The first-order chi connectivity index (χ1) is 18.8. The first-order valence-electron chi connectivity index (χ1n) is 15.7. The molecule has 4 N–H and O–H groups in total. The minimum atomic E-state index is -0.433. The molecule has 0 aromatic heterocycles. The number of hydrogen-bond acceptors (Lipinski definition) is 4. The van der Waals surface area contributed by atoms with Crippen LogP contribution in [-0.2, 0) is 0 Å². The van der Waals surface area contributed by atoms with E-state index in [1.54, 1.807) is 0 Å². The van der Waals surface area contributed by atoms with E-state index in [4.69, 9.17) is 21.5 Å². The number of benzene rings is 1. The molecule has 0 saturated carbocycles. The summed E-state index contributed by atoms with van der Waals surface area (Å²) < 4.78 is 0. The maximum atomic E-state index is 8.70. The SMILES string of the molecule is CCCCC(CC)CN(CC(CC)CCCC)c1ccc(/N=C(C(=N)C(C)C)\C(N)=N\C(=N)C(C)(C)C)c(C)c1. The molecule has 2 unspecified atom stereocenters. The maximum absolute atomic E-state index is 8.70. The van der Waals surface area contributed by atoms with Gasteiger partial charge in [-0.25, -0.2) is 9.98 Å². The van der Waals surface area contributed by atoms with Crippen LogP contribution in [-0.4, -0.2) is 36.2 Å². The fraction of sp³-hybridized carbons (Fsp3) is 0.706. The summed E-state index contributed by atoms with van der Waals surface area (Å²) in [7, 11) is 0. The number of rotatable bonds is 17. The van der Waals surface area contributed by atoms with Crippen LogP contribution in [0.2, 0.25) is 0 Å². The summed E-state index contributed by atoms with van der Waals surface area (Å²) in [6.45, 7) is 23.2. The highest BCUT2D eigenvalue weighted by atomic mass is 15.1. The van der Waals surface area contributed by atoms with Crippen molar-refractivity contribution in [2.45, 2.75) is 121 Å². The molecule has 0 aliphatic heterocycles. The Morgan fingerprint density at radius 1 is 0.925 bits per heavy atom. The predicted octanol–water partition coefficient (Wildman–Crippen LogP) is 9.36. The molecular weight excluding hydrogens is 492 g/mol. The summed E-state index contributed by atoms with van der Waals surface area (Å²) in [6, 6.07) is 6.50. The molecule has 1 rings (SSSR count). The highest BCUT2D eigenvalue weighted by Gasteiger charge is 2.22. The molecule has 2 atom stereocenters. The van der Waals surface area contributed by atoms with Crippen molar-refractivity contribution in [1.29, 1.82) is 10.8 Å². The lowest BCUT2D eigenvalue weighted by atomic mass is 9.95. The van der Waals surface area contributed by atoms with Gasteiger partial charge in [0, 0.05) is 24.2 Å². The van der Waals surface area contributed by atoms with Gasteiger partial charge in [-0.1, -0.05) is 101 Å². The highest BCUT2D eigenvalue weighted by molar-refractivity contribution is 6.68. The van der Waals surface area contributed by atoms with Gasteiger partial charge in [-0.2, -0.15) is 0 Å². The topological polar surface area (TPSA) is 102 Å². The van der Waals surface area contributed by atoms with Crippen LogP contribution in [0.25, 0.3) is 0 Å². The third kappa shape index (κ3) is 11.5. The number of aryl methyl sites for hydroxylation is 1. The average Bonchev–Trinajstić information content (AvgIpc) is 2.90. The molecule has 226 valence electrons. The molecule has 0 bridgehead atoms. The lowest BCUT2D eigenvalue weighted by molar-refractivity contribution is 0.403. The maximum Gasteiger partial charge on any atom is 0.153 e. The molecule has 0 radical (unpaired) electrons. The second kappa shape index (κ2) is 17.3. The van der Waals surface area contributed by atoms with Crippen molar-refractivity contribution in [2.75, 3.05) is 18.0 Å². The predicted molar refractivity (Wildman–Crippen MR) is 178 cm³/mol. The molecule has 0 saturated heterocycles. The van der Waals surface area contributed by atoms with Gasteiger partial charge in [-0.15, -0.1) is 0 Å². The van der Waals surface area contributed by atoms with Gasteiger partial charge >= 0.3 is 0 Å². The summed E-state index contributed by atoms with van der Waals surface area (Å²) in [6.07, 6.45) is 10.0. The molecule has 1 aromatic rings. The van der Waals surface area contributed by atoms with Gasteiger partial charge in [0.25, 0.3) is 0 Å². The van der Waals surface area contributed by atoms with E-state index in [-0.39, 0.29) is 17.6 Å². The lowest BCUT2D eigenvalue weighted by Crippen LogP contribution is -2.35. The van der Waals surface area contributed by atoms with Crippen LogP contribution in [0.4, 0.5) is 11.4 Å². The Balaban J connectivity index is 3.50. The molecule has 6 nitrogen and oxygen atoms in total. The van der Waals surface area contributed by atoms with Crippen LogP contribution >= 0.6 is 0 Å². The second-order valence-electron chi connectivity index (χ2n) is 12.8. The van der Waals surface area contributed by atoms with E-state index in [0.717, 1.165) is 24.3 Å². The quantitative estimate of drug-likeness (QED) is 0.132. The van der Waals surface area contributed by atoms with Gasteiger partial charge in [-0.05, 0) is 61.3 Å². The van der Waals surface area contributed by atoms with Crippen molar-refractivity contribution < 1.29 is 0 Å². The van der Waals surface area contributed by atoms with Crippen LogP contribution in [0, 0.1) is 40.9 Å². The standard InChI is InChI=1S/C34H60N6/c1-11-15-17-26(13-3)22-40(23-27(14-4)18-16-12-2)28-19-20-29(25(7)21-28)38-31(30(35)24(5)6)32(36)39-33(37)34(8,9)10/h19-21,24,26-27,35H,11-18,22-23H2,1-10H3,(H3,36,37,39)/b35-30?,38-31-. The smallest absolute Gasteiger partial charge is 0.153 e. The summed E-state index contributed by atoms with van der Waals surface area (Å²) in [5, 5.41) is 17.0. The fourth-order valence-corrected chi connectivity index (χ4v) is 4.70. The van der Waals surface area contributed by atoms with Gasteiger partial charge in [0.05, 0.1) is 11.4 Å². The molecule has 40 heavy (non-hydrogen) atoms. The van der Waals surface area contributed by atoms with Crippen LogP contribution in [0.3, 0.4) is 0 Å². The lowest BCUT2D eigenvalue weighted by Gasteiger charge is -2.33. The first kappa shape index (κ1) is 35.5. The minimum absolute atomic E-state index is 0.0606. The zero-order valence-electron chi connectivity index (χ0n) is 27.5. The zero-order chi connectivity index (χ0) is 30.5. The van der Waals surface area contributed by atoms with Crippen LogP contribution in [0.5, 0.6) is 0 Å². The second-order valence-corrected chi connectivity index (χ2v) is 12.8. The molecule has 0 fully saturated rings. The molecule has 0 aliphatic carbocycles. The average molecular weight is 553 g/mol. The van der Waals surface area contributed by atoms with E-state index in [1.807, 2.05) is 34.6 Å². The van der Waals surface area contributed by atoms with Crippen molar-refractivity contribution in [2.24, 2.45) is 38.9 Å². The van der Waals surface area contributed by atoms with Crippen molar-refractivity contribution >= 4 is 34.5 Å². The van der Waals surface area contributed by atoms with E-state index in [1.165, 1.54) is 57.1 Å². The Morgan fingerprint density at radius 3 is 1.85 bits per heavy atom. The van der Waals surface area contributed by atoms with Crippen LogP contribution < -0.4 is 10.6 Å². The number of nitrogens with two attached hydrogens (primary N) is 1. The van der Waals surface area contributed by atoms with Gasteiger partial charge in [0.2, 0.25) is 0 Å². The third-order valence-corrected chi connectivity index (χ3v) is 7.84. The van der Waals surface area contributed by atoms with Gasteiger partial charge < -0.3 is 16.0 Å².